The summed E-state index contributed by atoms with van der Waals surface area (Å²) in [5, 5.41) is 3.19. The van der Waals surface area contributed by atoms with Crippen molar-refractivity contribution in [1.82, 2.24) is 10.0 Å². The van der Waals surface area contributed by atoms with Crippen molar-refractivity contribution in [2.45, 2.75) is 30.2 Å². The first-order valence-corrected chi connectivity index (χ1v) is 10.4. The largest absolute Gasteiger partial charge is 0.349 e. The van der Waals surface area contributed by atoms with Crippen molar-refractivity contribution in [3.05, 3.63) is 65.2 Å². The van der Waals surface area contributed by atoms with Crippen LogP contribution < -0.4 is 10.0 Å². The SMILES string of the molecule is O=C(CCNS(=O)(=O)c1ccccc1Cl)NC(c1ccccc1)C1CC1. The number of halogens is 1. The molecule has 26 heavy (non-hydrogen) atoms. The molecule has 2 aromatic carbocycles. The zero-order valence-corrected chi connectivity index (χ0v) is 15.8. The molecule has 0 spiro atoms. The van der Waals surface area contributed by atoms with Crippen LogP contribution in [0.2, 0.25) is 5.02 Å². The Morgan fingerprint density at radius 2 is 1.73 bits per heavy atom. The van der Waals surface area contributed by atoms with Gasteiger partial charge in [0.25, 0.3) is 0 Å². The molecule has 7 heteroatoms. The molecule has 1 fully saturated rings. The molecule has 1 amide bonds. The number of hydrogen-bond donors (Lipinski definition) is 2. The van der Waals surface area contributed by atoms with E-state index >= 15 is 0 Å². The Balaban J connectivity index is 1.55. The van der Waals surface area contributed by atoms with Gasteiger partial charge in [0.2, 0.25) is 15.9 Å². The van der Waals surface area contributed by atoms with Crippen LogP contribution in [0.4, 0.5) is 0 Å². The highest BCUT2D eigenvalue weighted by atomic mass is 35.5. The smallest absolute Gasteiger partial charge is 0.242 e. The van der Waals surface area contributed by atoms with Crippen molar-refractivity contribution < 1.29 is 13.2 Å². The Morgan fingerprint density at radius 1 is 1.08 bits per heavy atom. The Hall–Kier alpha value is -1.89. The summed E-state index contributed by atoms with van der Waals surface area (Å²) in [5.74, 6) is 0.286. The standard InChI is InChI=1S/C19H21ClN2O3S/c20-16-8-4-5-9-17(16)26(24,25)21-13-12-18(23)22-19(15-10-11-15)14-6-2-1-3-7-14/h1-9,15,19,21H,10-13H2,(H,22,23). The first-order chi connectivity index (χ1) is 12.5. The normalized spacial score (nSPS) is 15.4. The van der Waals surface area contributed by atoms with E-state index in [0.29, 0.717) is 5.92 Å². The summed E-state index contributed by atoms with van der Waals surface area (Å²) in [6, 6.07) is 16.1. The minimum Gasteiger partial charge on any atom is -0.349 e. The number of benzene rings is 2. The second kappa shape index (κ2) is 8.20. The molecule has 0 heterocycles. The van der Waals surface area contributed by atoms with E-state index < -0.39 is 10.0 Å². The first kappa shape index (κ1) is 18.9. The second-order valence-corrected chi connectivity index (χ2v) is 8.51. The fourth-order valence-corrected chi connectivity index (χ4v) is 4.40. The number of rotatable bonds is 8. The first-order valence-electron chi connectivity index (χ1n) is 8.56. The maximum Gasteiger partial charge on any atom is 0.242 e. The van der Waals surface area contributed by atoms with Gasteiger partial charge in [-0.3, -0.25) is 4.79 Å². The van der Waals surface area contributed by atoms with Gasteiger partial charge in [-0.2, -0.15) is 0 Å². The second-order valence-electron chi connectivity index (χ2n) is 6.37. The van der Waals surface area contributed by atoms with Crippen LogP contribution in [-0.4, -0.2) is 20.9 Å². The Labute approximate surface area is 158 Å². The molecule has 2 N–H and O–H groups in total. The molecular weight excluding hydrogens is 372 g/mol. The Kier molecular flexibility index (Phi) is 5.96. The van der Waals surface area contributed by atoms with Crippen LogP contribution in [0.3, 0.4) is 0 Å². The predicted octanol–water partition coefficient (Wildman–Crippen LogP) is 3.28. The van der Waals surface area contributed by atoms with Gasteiger partial charge >= 0.3 is 0 Å². The van der Waals surface area contributed by atoms with Crippen LogP contribution in [-0.2, 0) is 14.8 Å². The lowest BCUT2D eigenvalue weighted by molar-refractivity contribution is -0.121. The lowest BCUT2D eigenvalue weighted by Crippen LogP contribution is -2.33. The summed E-state index contributed by atoms with van der Waals surface area (Å²) in [4.78, 5) is 12.3. The molecule has 0 aromatic heterocycles. The van der Waals surface area contributed by atoms with E-state index in [1.165, 1.54) is 12.1 Å². The average Bonchev–Trinajstić information content (AvgIpc) is 3.45. The van der Waals surface area contributed by atoms with Crippen molar-refractivity contribution in [2.75, 3.05) is 6.54 Å². The Bertz CT molecular complexity index is 867. The zero-order valence-electron chi connectivity index (χ0n) is 14.2. The van der Waals surface area contributed by atoms with Gasteiger partial charge in [-0.15, -0.1) is 0 Å². The molecule has 5 nitrogen and oxygen atoms in total. The number of amides is 1. The van der Waals surface area contributed by atoms with Crippen LogP contribution >= 0.6 is 11.6 Å². The van der Waals surface area contributed by atoms with Gasteiger partial charge in [0, 0.05) is 13.0 Å². The van der Waals surface area contributed by atoms with Crippen molar-refractivity contribution >= 4 is 27.5 Å². The molecule has 138 valence electrons. The fourth-order valence-electron chi connectivity index (χ4n) is 2.85. The lowest BCUT2D eigenvalue weighted by Gasteiger charge is -2.19. The quantitative estimate of drug-likeness (QED) is 0.723. The molecule has 1 aliphatic rings. The van der Waals surface area contributed by atoms with Gasteiger partial charge in [0.05, 0.1) is 11.1 Å². The number of nitrogens with one attached hydrogen (secondary N) is 2. The molecule has 2 aromatic rings. The molecule has 0 bridgehead atoms. The number of carbonyl (C=O) groups excluding carboxylic acids is 1. The number of carbonyl (C=O) groups is 1. The third-order valence-corrected chi connectivity index (χ3v) is 6.30. The zero-order chi connectivity index (χ0) is 18.6. The van der Waals surface area contributed by atoms with E-state index in [1.54, 1.807) is 12.1 Å². The van der Waals surface area contributed by atoms with Crippen molar-refractivity contribution in [1.29, 1.82) is 0 Å². The van der Waals surface area contributed by atoms with Crippen LogP contribution in [0.15, 0.2) is 59.5 Å². The van der Waals surface area contributed by atoms with Gasteiger partial charge in [-0.05, 0) is 36.5 Å². The van der Waals surface area contributed by atoms with E-state index in [4.69, 9.17) is 11.6 Å². The molecule has 3 rings (SSSR count). The third kappa shape index (κ3) is 4.84. The third-order valence-electron chi connectivity index (χ3n) is 4.34. The summed E-state index contributed by atoms with van der Waals surface area (Å²) < 4.78 is 27.0. The molecule has 0 aliphatic heterocycles. The highest BCUT2D eigenvalue weighted by Crippen LogP contribution is 2.40. The van der Waals surface area contributed by atoms with Crippen molar-refractivity contribution in [3.8, 4) is 0 Å². The van der Waals surface area contributed by atoms with E-state index in [0.717, 1.165) is 18.4 Å². The lowest BCUT2D eigenvalue weighted by atomic mass is 10.0. The molecule has 0 saturated heterocycles. The van der Waals surface area contributed by atoms with Crippen LogP contribution in [0.25, 0.3) is 0 Å². The van der Waals surface area contributed by atoms with Crippen LogP contribution in [0.5, 0.6) is 0 Å². The number of sulfonamides is 1. The molecule has 1 aliphatic carbocycles. The summed E-state index contributed by atoms with van der Waals surface area (Å²) >= 11 is 5.93. The van der Waals surface area contributed by atoms with Gasteiger partial charge in [-0.25, -0.2) is 13.1 Å². The minimum absolute atomic E-state index is 0.0103. The maximum atomic E-state index is 12.3. The average molecular weight is 393 g/mol. The Morgan fingerprint density at radius 3 is 2.38 bits per heavy atom. The van der Waals surface area contributed by atoms with Crippen LogP contribution in [0.1, 0.15) is 30.9 Å². The molecule has 1 unspecified atom stereocenters. The minimum atomic E-state index is -3.73. The van der Waals surface area contributed by atoms with Gasteiger partial charge < -0.3 is 5.32 Å². The maximum absolute atomic E-state index is 12.3. The monoisotopic (exact) mass is 392 g/mol. The van der Waals surface area contributed by atoms with E-state index in [-0.39, 0.29) is 34.8 Å². The molecule has 1 atom stereocenters. The number of hydrogen-bond acceptors (Lipinski definition) is 3. The summed E-state index contributed by atoms with van der Waals surface area (Å²) in [6.45, 7) is 0.0194. The fraction of sp³-hybridized carbons (Fsp3) is 0.316. The topological polar surface area (TPSA) is 75.3 Å². The molecule has 1 saturated carbocycles. The van der Waals surface area contributed by atoms with E-state index in [1.807, 2.05) is 30.3 Å². The van der Waals surface area contributed by atoms with Crippen LogP contribution in [0, 0.1) is 5.92 Å². The highest BCUT2D eigenvalue weighted by molar-refractivity contribution is 7.89. The summed E-state index contributed by atoms with van der Waals surface area (Å²) in [5.41, 5.74) is 1.08. The van der Waals surface area contributed by atoms with Crippen molar-refractivity contribution in [2.24, 2.45) is 5.92 Å². The molecule has 0 radical (unpaired) electrons. The summed E-state index contributed by atoms with van der Waals surface area (Å²) in [7, 11) is -3.73. The van der Waals surface area contributed by atoms with Gasteiger partial charge in [-0.1, -0.05) is 54.1 Å². The predicted molar refractivity (Wildman–Crippen MR) is 101 cm³/mol. The molecular formula is C19H21ClN2O3S. The van der Waals surface area contributed by atoms with Gasteiger partial charge in [0.15, 0.2) is 0 Å². The highest BCUT2D eigenvalue weighted by Gasteiger charge is 2.33. The van der Waals surface area contributed by atoms with Crippen molar-refractivity contribution in [3.63, 3.8) is 0 Å². The van der Waals surface area contributed by atoms with Gasteiger partial charge in [0.1, 0.15) is 4.90 Å². The van der Waals surface area contributed by atoms with E-state index in [2.05, 4.69) is 10.0 Å². The van der Waals surface area contributed by atoms with E-state index in [9.17, 15) is 13.2 Å². The summed E-state index contributed by atoms with van der Waals surface area (Å²) in [6.07, 6.45) is 2.26.